The third-order valence-corrected chi connectivity index (χ3v) is 6.61. The lowest BCUT2D eigenvalue weighted by atomic mass is 9.75. The Labute approximate surface area is 163 Å². The van der Waals surface area contributed by atoms with Gasteiger partial charge in [-0.05, 0) is 20.8 Å². The summed E-state index contributed by atoms with van der Waals surface area (Å²) in [5, 5.41) is 21.9. The zero-order valence-electron chi connectivity index (χ0n) is 15.6. The van der Waals surface area contributed by atoms with Gasteiger partial charge in [0.15, 0.2) is 0 Å². The Kier molecular flexibility index (Phi) is 5.27. The van der Waals surface area contributed by atoms with E-state index in [-0.39, 0.29) is 17.9 Å². The fourth-order valence-electron chi connectivity index (χ4n) is 4.65. The van der Waals surface area contributed by atoms with Gasteiger partial charge in [-0.3, -0.25) is 0 Å². The Morgan fingerprint density at radius 2 is 2.19 bits per heavy atom. The van der Waals surface area contributed by atoms with E-state index in [1.54, 1.807) is 26.0 Å². The van der Waals surface area contributed by atoms with Crippen molar-refractivity contribution in [1.82, 2.24) is 0 Å². The van der Waals surface area contributed by atoms with Crippen LogP contribution in [-0.2, 0) is 19.1 Å². The minimum Gasteiger partial charge on any atom is -0.458 e. The number of hydrogen-bond acceptors (Lipinski definition) is 6. The molecule has 27 heavy (non-hydrogen) atoms. The molecule has 2 fully saturated rings. The SMILES string of the molecule is C=C1C(=O)O[C@@H]2[C@H]3C(C)=C[C@@H](O)[C@H]3[C@@](O)(CCl)C[C@@H](OC(=O)/C(C)=C\C)[C@@H]12. The van der Waals surface area contributed by atoms with E-state index in [1.807, 2.05) is 6.92 Å². The summed E-state index contributed by atoms with van der Waals surface area (Å²) in [7, 11) is 0. The highest BCUT2D eigenvalue weighted by Crippen LogP contribution is 2.53. The van der Waals surface area contributed by atoms with Crippen LogP contribution in [0.3, 0.4) is 0 Å². The average Bonchev–Trinajstić information content (AvgIpc) is 3.04. The number of carbonyl (C=O) groups is 2. The van der Waals surface area contributed by atoms with E-state index in [0.29, 0.717) is 5.57 Å². The van der Waals surface area contributed by atoms with Crippen molar-refractivity contribution in [2.24, 2.45) is 17.8 Å². The molecule has 0 amide bonds. The van der Waals surface area contributed by atoms with Crippen LogP contribution in [0.1, 0.15) is 27.2 Å². The van der Waals surface area contributed by atoms with E-state index in [9.17, 15) is 19.8 Å². The third kappa shape index (κ3) is 3.13. The molecule has 0 aromatic rings. The molecule has 1 heterocycles. The first-order chi connectivity index (χ1) is 12.6. The molecule has 0 radical (unpaired) electrons. The molecule has 1 saturated carbocycles. The van der Waals surface area contributed by atoms with Gasteiger partial charge in [-0.25, -0.2) is 9.59 Å². The molecular formula is C20H25ClO6. The lowest BCUT2D eigenvalue weighted by Crippen LogP contribution is -2.49. The van der Waals surface area contributed by atoms with E-state index < -0.39 is 53.6 Å². The predicted molar refractivity (Wildman–Crippen MR) is 98.9 cm³/mol. The van der Waals surface area contributed by atoms with Crippen molar-refractivity contribution in [3.63, 3.8) is 0 Å². The molecule has 0 aromatic carbocycles. The Bertz CT molecular complexity index is 741. The number of hydrogen-bond donors (Lipinski definition) is 2. The zero-order valence-corrected chi connectivity index (χ0v) is 16.4. The van der Waals surface area contributed by atoms with Gasteiger partial charge in [-0.1, -0.05) is 24.3 Å². The molecule has 3 aliphatic rings. The van der Waals surface area contributed by atoms with E-state index >= 15 is 0 Å². The summed E-state index contributed by atoms with van der Waals surface area (Å²) >= 11 is 6.12. The molecule has 148 valence electrons. The number of ether oxygens (including phenoxy) is 2. The summed E-state index contributed by atoms with van der Waals surface area (Å²) in [5.74, 6) is -2.92. The molecule has 1 saturated heterocycles. The Morgan fingerprint density at radius 1 is 1.52 bits per heavy atom. The highest BCUT2D eigenvalue weighted by molar-refractivity contribution is 6.18. The van der Waals surface area contributed by atoms with Gasteiger partial charge in [0.2, 0.25) is 0 Å². The number of allylic oxidation sites excluding steroid dienone is 1. The number of alkyl halides is 1. The highest BCUT2D eigenvalue weighted by Gasteiger charge is 2.62. The summed E-state index contributed by atoms with van der Waals surface area (Å²) in [6, 6.07) is 0. The third-order valence-electron chi connectivity index (χ3n) is 6.15. The summed E-state index contributed by atoms with van der Waals surface area (Å²) in [4.78, 5) is 24.6. The number of halogens is 1. The fraction of sp³-hybridized carbons (Fsp3) is 0.600. The van der Waals surface area contributed by atoms with Crippen molar-refractivity contribution >= 4 is 23.5 Å². The summed E-state index contributed by atoms with van der Waals surface area (Å²) in [6.07, 6.45) is 0.819. The number of rotatable bonds is 3. The van der Waals surface area contributed by atoms with Gasteiger partial charge in [0.05, 0.1) is 23.5 Å². The molecule has 6 nitrogen and oxygen atoms in total. The van der Waals surface area contributed by atoms with Crippen LogP contribution < -0.4 is 0 Å². The van der Waals surface area contributed by atoms with Crippen molar-refractivity contribution in [1.29, 1.82) is 0 Å². The van der Waals surface area contributed by atoms with Crippen LogP contribution >= 0.6 is 11.6 Å². The van der Waals surface area contributed by atoms with Gasteiger partial charge in [0, 0.05) is 29.4 Å². The topological polar surface area (TPSA) is 93.1 Å². The number of carbonyl (C=O) groups excluding carboxylic acids is 2. The standard InChI is InChI=1S/C20H25ClO6/c1-5-9(2)18(23)26-13-7-20(25,8-21)16-12(22)6-10(3)14(16)17-15(13)11(4)19(24)27-17/h5-6,12-17,22,25H,4,7-8H2,1-3H3/b9-5-/t12-,13-,14+,15-,16-,17-,20+/m1/s1. The summed E-state index contributed by atoms with van der Waals surface area (Å²) in [5.41, 5.74) is -0.0590. The van der Waals surface area contributed by atoms with E-state index in [4.69, 9.17) is 21.1 Å². The van der Waals surface area contributed by atoms with Gasteiger partial charge in [-0.2, -0.15) is 0 Å². The molecule has 2 aliphatic carbocycles. The number of fused-ring (bicyclic) bond motifs is 3. The van der Waals surface area contributed by atoms with Crippen LogP contribution in [0.2, 0.25) is 0 Å². The van der Waals surface area contributed by atoms with Crippen LogP contribution in [0.15, 0.2) is 35.5 Å². The van der Waals surface area contributed by atoms with Gasteiger partial charge < -0.3 is 19.7 Å². The monoisotopic (exact) mass is 396 g/mol. The van der Waals surface area contributed by atoms with Crippen molar-refractivity contribution in [3.05, 3.63) is 35.5 Å². The summed E-state index contributed by atoms with van der Waals surface area (Å²) in [6.45, 7) is 9.01. The van der Waals surface area contributed by atoms with E-state index in [0.717, 1.165) is 5.57 Å². The molecule has 1 aliphatic heterocycles. The second-order valence-electron chi connectivity index (χ2n) is 7.73. The minimum atomic E-state index is -1.49. The maximum Gasteiger partial charge on any atom is 0.334 e. The van der Waals surface area contributed by atoms with E-state index in [2.05, 4.69) is 6.58 Å². The van der Waals surface area contributed by atoms with Gasteiger partial charge in [0.1, 0.15) is 12.2 Å². The molecule has 2 N–H and O–H groups in total. The second-order valence-corrected chi connectivity index (χ2v) is 8.00. The van der Waals surface area contributed by atoms with Gasteiger partial charge >= 0.3 is 11.9 Å². The van der Waals surface area contributed by atoms with Gasteiger partial charge in [0.25, 0.3) is 0 Å². The van der Waals surface area contributed by atoms with Crippen LogP contribution in [0.5, 0.6) is 0 Å². The minimum absolute atomic E-state index is 0.0184. The Hall–Kier alpha value is -1.63. The summed E-state index contributed by atoms with van der Waals surface area (Å²) < 4.78 is 11.2. The molecule has 0 unspecified atom stereocenters. The number of aliphatic hydroxyl groups is 2. The van der Waals surface area contributed by atoms with Crippen LogP contribution in [0, 0.1) is 17.8 Å². The average molecular weight is 397 g/mol. The van der Waals surface area contributed by atoms with E-state index in [1.165, 1.54) is 0 Å². The number of esters is 2. The van der Waals surface area contributed by atoms with Crippen LogP contribution in [-0.4, -0.2) is 51.9 Å². The fourth-order valence-corrected chi connectivity index (χ4v) is 4.94. The maximum atomic E-state index is 12.4. The molecule has 7 atom stereocenters. The molecule has 0 bridgehead atoms. The van der Waals surface area contributed by atoms with Crippen molar-refractivity contribution in [2.75, 3.05) is 5.88 Å². The largest absolute Gasteiger partial charge is 0.458 e. The number of aliphatic hydroxyl groups excluding tert-OH is 1. The van der Waals surface area contributed by atoms with Crippen molar-refractivity contribution in [2.45, 2.75) is 51.1 Å². The molecule has 7 heteroatoms. The zero-order chi connectivity index (χ0) is 20.1. The molecular weight excluding hydrogens is 372 g/mol. The van der Waals surface area contributed by atoms with Gasteiger partial charge in [-0.15, -0.1) is 11.6 Å². The quantitative estimate of drug-likeness (QED) is 0.327. The predicted octanol–water partition coefficient (Wildman–Crippen LogP) is 1.89. The second kappa shape index (κ2) is 7.08. The first-order valence-corrected chi connectivity index (χ1v) is 9.56. The maximum absolute atomic E-state index is 12.4. The van der Waals surface area contributed by atoms with Crippen LogP contribution in [0.4, 0.5) is 0 Å². The highest BCUT2D eigenvalue weighted by atomic mass is 35.5. The first-order valence-electron chi connectivity index (χ1n) is 9.03. The Morgan fingerprint density at radius 3 is 2.78 bits per heavy atom. The molecule has 0 spiro atoms. The first kappa shape index (κ1) is 20.1. The molecule has 0 aromatic heterocycles. The normalized spacial score (nSPS) is 41.4. The van der Waals surface area contributed by atoms with Crippen LogP contribution in [0.25, 0.3) is 0 Å². The molecule has 3 rings (SSSR count). The van der Waals surface area contributed by atoms with Crippen molar-refractivity contribution in [3.8, 4) is 0 Å². The lowest BCUT2D eigenvalue weighted by Gasteiger charge is -2.38. The van der Waals surface area contributed by atoms with Crippen molar-refractivity contribution < 1.29 is 29.3 Å². The smallest absolute Gasteiger partial charge is 0.334 e. The lowest BCUT2D eigenvalue weighted by molar-refractivity contribution is -0.150. The Balaban J connectivity index is 2.07.